The molecule has 0 bridgehead atoms. The minimum absolute atomic E-state index is 0.0866. The van der Waals surface area contributed by atoms with Gasteiger partial charge in [0, 0.05) is 13.0 Å². The number of epoxide rings is 1. The summed E-state index contributed by atoms with van der Waals surface area (Å²) in [5.74, 6) is -0.354. The first-order chi connectivity index (χ1) is 25.9. The summed E-state index contributed by atoms with van der Waals surface area (Å²) >= 11 is 0. The number of unbranched alkanes of at least 4 members (excludes halogenated alkanes) is 14. The highest BCUT2D eigenvalue weighted by Crippen LogP contribution is 2.43. The Balaban J connectivity index is 2.22. The average Bonchev–Trinajstić information content (AvgIpc) is 3.90. The summed E-state index contributed by atoms with van der Waals surface area (Å²) in [7, 11) is -4.29. The molecule has 4 atom stereocenters. The van der Waals surface area contributed by atoms with Gasteiger partial charge in [-0.25, -0.2) is 4.57 Å². The number of carbonyl (C=O) groups is 1. The van der Waals surface area contributed by atoms with Crippen LogP contribution in [0.1, 0.15) is 162 Å². The molecule has 1 heterocycles. The zero-order valence-electron chi connectivity index (χ0n) is 33.4. The quantitative estimate of drug-likeness (QED) is 0.0157. The summed E-state index contributed by atoms with van der Waals surface area (Å²) in [6.07, 6.45) is 46.4. The molecule has 3 N–H and O–H groups in total. The Bertz CT molecular complexity index is 1060. The van der Waals surface area contributed by atoms with Crippen LogP contribution < -0.4 is 5.73 Å². The van der Waals surface area contributed by atoms with Crippen LogP contribution >= 0.6 is 7.82 Å². The molecule has 53 heavy (non-hydrogen) atoms. The molecule has 0 aromatic rings. The highest BCUT2D eigenvalue weighted by Gasteiger charge is 2.36. The molecule has 0 amide bonds. The molecule has 3 unspecified atom stereocenters. The molecule has 0 saturated carbocycles. The van der Waals surface area contributed by atoms with Gasteiger partial charge in [0.25, 0.3) is 0 Å². The molecule has 0 radical (unpaired) electrons. The fourth-order valence-corrected chi connectivity index (χ4v) is 6.41. The summed E-state index contributed by atoms with van der Waals surface area (Å²) in [6, 6.07) is 0. The first kappa shape index (κ1) is 49.0. The predicted molar refractivity (Wildman–Crippen MR) is 219 cm³/mol. The Morgan fingerprint density at radius 3 is 1.91 bits per heavy atom. The van der Waals surface area contributed by atoms with E-state index in [-0.39, 0.29) is 51.0 Å². The molecule has 1 aliphatic rings. The van der Waals surface area contributed by atoms with E-state index in [1.54, 1.807) is 6.26 Å². The zero-order valence-corrected chi connectivity index (χ0v) is 34.3. The number of nitrogens with two attached hydrogens (primary N) is 1. The van der Waals surface area contributed by atoms with Crippen LogP contribution in [0.25, 0.3) is 0 Å². The van der Waals surface area contributed by atoms with Crippen molar-refractivity contribution in [2.45, 2.75) is 180 Å². The fourth-order valence-electron chi connectivity index (χ4n) is 5.65. The van der Waals surface area contributed by atoms with Crippen molar-refractivity contribution in [2.24, 2.45) is 5.73 Å². The molecule has 1 aliphatic heterocycles. The maximum Gasteiger partial charge on any atom is 0.472 e. The highest BCUT2D eigenvalue weighted by atomic mass is 31.2. The third kappa shape index (κ3) is 33.1. The lowest BCUT2D eigenvalue weighted by Crippen LogP contribution is -2.25. The minimum atomic E-state index is -4.29. The average molecular weight is 766 g/mol. The summed E-state index contributed by atoms with van der Waals surface area (Å²) in [5, 5.41) is 0. The number of rotatable bonds is 38. The normalized spacial score (nSPS) is 17.9. The van der Waals surface area contributed by atoms with Crippen LogP contribution in [0.5, 0.6) is 0 Å². The van der Waals surface area contributed by atoms with Crippen LogP contribution in [0.3, 0.4) is 0 Å². The van der Waals surface area contributed by atoms with Gasteiger partial charge in [-0.3, -0.25) is 13.8 Å². The number of carbonyl (C=O) groups excluding carboxylic acids is 1. The topological polar surface area (TPSA) is 130 Å². The van der Waals surface area contributed by atoms with E-state index < -0.39 is 13.9 Å². The molecule has 0 aliphatic carbocycles. The Kier molecular flexibility index (Phi) is 33.0. The maximum absolute atomic E-state index is 12.5. The lowest BCUT2D eigenvalue weighted by molar-refractivity contribution is -0.147. The third-order valence-corrected chi connectivity index (χ3v) is 9.90. The van der Waals surface area contributed by atoms with Gasteiger partial charge in [0.05, 0.1) is 31.7 Å². The Morgan fingerprint density at radius 1 is 0.698 bits per heavy atom. The lowest BCUT2D eigenvalue weighted by Gasteiger charge is -2.19. The number of phosphoric ester groups is 1. The summed E-state index contributed by atoms with van der Waals surface area (Å²) in [4.78, 5) is 22.3. The number of phosphoric acid groups is 1. The van der Waals surface area contributed by atoms with Crippen molar-refractivity contribution in [3.8, 4) is 0 Å². The van der Waals surface area contributed by atoms with E-state index in [0.29, 0.717) is 6.42 Å². The van der Waals surface area contributed by atoms with Crippen LogP contribution in [0.15, 0.2) is 60.9 Å². The Morgan fingerprint density at radius 2 is 1.25 bits per heavy atom. The second kappa shape index (κ2) is 35.7. The van der Waals surface area contributed by atoms with Crippen molar-refractivity contribution in [1.29, 1.82) is 0 Å². The summed E-state index contributed by atoms with van der Waals surface area (Å²) in [6.45, 7) is 4.07. The van der Waals surface area contributed by atoms with Gasteiger partial charge in [0.15, 0.2) is 6.10 Å². The van der Waals surface area contributed by atoms with Gasteiger partial charge in [-0.05, 0) is 89.5 Å². The van der Waals surface area contributed by atoms with Gasteiger partial charge in [0.1, 0.15) is 6.61 Å². The van der Waals surface area contributed by atoms with Gasteiger partial charge in [-0.2, -0.15) is 0 Å². The molecular formula is C43H76NO8P. The molecule has 306 valence electrons. The van der Waals surface area contributed by atoms with Gasteiger partial charge >= 0.3 is 13.8 Å². The summed E-state index contributed by atoms with van der Waals surface area (Å²) in [5.41, 5.74) is 5.36. The molecular weight excluding hydrogens is 689 g/mol. The lowest BCUT2D eigenvalue weighted by atomic mass is 10.1. The Labute approximate surface area is 323 Å². The molecule has 0 spiro atoms. The van der Waals surface area contributed by atoms with E-state index in [1.165, 1.54) is 89.9 Å². The second-order valence-electron chi connectivity index (χ2n) is 13.9. The van der Waals surface area contributed by atoms with Crippen molar-refractivity contribution in [1.82, 2.24) is 0 Å². The van der Waals surface area contributed by atoms with E-state index in [9.17, 15) is 14.3 Å². The molecule has 10 heteroatoms. The summed E-state index contributed by atoms with van der Waals surface area (Å²) < 4.78 is 38.9. The molecule has 0 aromatic heterocycles. The SMILES string of the molecule is CCCCC/C=C\C/C=C\C/C=C\CC1OC1CCCC(=O)OC[C@H](COP(=O)(O)OCCN)O/C=C/CCCCCCCC/C=C\CCCCCC. The molecule has 9 nitrogen and oxygen atoms in total. The van der Waals surface area contributed by atoms with E-state index in [1.807, 2.05) is 6.08 Å². The van der Waals surface area contributed by atoms with E-state index >= 15 is 0 Å². The van der Waals surface area contributed by atoms with Crippen LogP contribution in [0.4, 0.5) is 0 Å². The smallest absolute Gasteiger partial charge is 0.472 e. The number of hydrogen-bond donors (Lipinski definition) is 2. The first-order valence-corrected chi connectivity index (χ1v) is 22.4. The van der Waals surface area contributed by atoms with Crippen molar-refractivity contribution in [3.63, 3.8) is 0 Å². The maximum atomic E-state index is 12.5. The Hall–Kier alpha value is -2.00. The fraction of sp³-hybridized carbons (Fsp3) is 0.744. The number of ether oxygens (including phenoxy) is 3. The van der Waals surface area contributed by atoms with Gasteiger partial charge in [-0.15, -0.1) is 0 Å². The third-order valence-electron chi connectivity index (χ3n) is 8.92. The molecule has 1 rings (SSSR count). The van der Waals surface area contributed by atoms with Crippen molar-refractivity contribution in [2.75, 3.05) is 26.4 Å². The number of allylic oxidation sites excluding steroid dienone is 8. The van der Waals surface area contributed by atoms with Crippen LogP contribution in [0.2, 0.25) is 0 Å². The highest BCUT2D eigenvalue weighted by molar-refractivity contribution is 7.47. The van der Waals surface area contributed by atoms with Crippen molar-refractivity contribution >= 4 is 13.8 Å². The van der Waals surface area contributed by atoms with Crippen LogP contribution in [-0.2, 0) is 32.6 Å². The number of hydrogen-bond acceptors (Lipinski definition) is 8. The van der Waals surface area contributed by atoms with Gasteiger partial charge < -0.3 is 24.8 Å². The van der Waals surface area contributed by atoms with Crippen molar-refractivity contribution < 1.29 is 37.5 Å². The molecule has 1 fully saturated rings. The van der Waals surface area contributed by atoms with Crippen LogP contribution in [0, 0.1) is 0 Å². The standard InChI is InChI=1S/C43H76NO8P/c1-3-5-7-9-11-13-15-17-18-19-20-22-24-26-28-30-36-48-40(39-51-53(46,47)50-37-35-44)38-49-43(45)34-31-33-42-41(52-42)32-29-27-25-23-21-16-14-12-10-8-6-4-2/h12-15,21,23,27,29-30,36,40-42H,3-11,16-20,22,24-26,28,31-35,37-39,44H2,1-2H3,(H,46,47)/b14-12-,15-13-,23-21-,29-27-,36-30+/t40-,41?,42?/m1/s1. The largest absolute Gasteiger partial charge is 0.492 e. The first-order valence-electron chi connectivity index (χ1n) is 20.9. The van der Waals surface area contributed by atoms with Gasteiger partial charge in [0.2, 0.25) is 0 Å². The van der Waals surface area contributed by atoms with Crippen LogP contribution in [-0.4, -0.2) is 55.5 Å². The van der Waals surface area contributed by atoms with Crippen molar-refractivity contribution in [3.05, 3.63) is 60.9 Å². The minimum Gasteiger partial charge on any atom is -0.492 e. The van der Waals surface area contributed by atoms with E-state index in [0.717, 1.165) is 44.9 Å². The number of esters is 1. The van der Waals surface area contributed by atoms with E-state index in [4.69, 9.17) is 29.0 Å². The van der Waals surface area contributed by atoms with Gasteiger partial charge in [-0.1, -0.05) is 120 Å². The zero-order chi connectivity index (χ0) is 38.5. The monoisotopic (exact) mass is 766 g/mol. The molecule has 1 saturated heterocycles. The second-order valence-corrected chi connectivity index (χ2v) is 15.4. The molecule has 0 aromatic carbocycles. The van der Waals surface area contributed by atoms with E-state index in [2.05, 4.69) is 62.5 Å². The predicted octanol–water partition coefficient (Wildman–Crippen LogP) is 11.5.